The molecule has 0 saturated heterocycles. The molecule has 0 aliphatic carbocycles. The third-order valence-corrected chi connectivity index (χ3v) is 14.6. The molecule has 0 bridgehead atoms. The van der Waals surface area contributed by atoms with Crippen LogP contribution in [0.15, 0.2) is 224 Å². The second kappa shape index (κ2) is 13.7. The summed E-state index contributed by atoms with van der Waals surface area (Å²) in [6.07, 6.45) is 0. The molecule has 4 heterocycles. The van der Waals surface area contributed by atoms with E-state index in [1.807, 2.05) is 11.3 Å². The van der Waals surface area contributed by atoms with E-state index in [1.54, 1.807) is 0 Å². The third kappa shape index (κ3) is 5.21. The van der Waals surface area contributed by atoms with E-state index in [1.165, 1.54) is 119 Å². The number of rotatable bonds is 5. The fourth-order valence-corrected chi connectivity index (χ4v) is 11.6. The minimum Gasteiger partial charge on any atom is -0.309 e. The average molecular weight is 832 g/mol. The van der Waals surface area contributed by atoms with Crippen LogP contribution in [0.25, 0.3) is 125 Å². The number of benzene rings is 10. The molecular weight excluding hydrogens is 795 g/mol. The lowest BCUT2D eigenvalue weighted by molar-refractivity contribution is 1.18. The molecule has 0 spiro atoms. The van der Waals surface area contributed by atoms with Gasteiger partial charge >= 0.3 is 0 Å². The van der Waals surface area contributed by atoms with Gasteiger partial charge in [-0.15, -0.1) is 11.3 Å². The van der Waals surface area contributed by atoms with E-state index >= 15 is 0 Å². The Labute approximate surface area is 372 Å². The van der Waals surface area contributed by atoms with Gasteiger partial charge in [-0.05, 0) is 125 Å². The van der Waals surface area contributed by atoms with Gasteiger partial charge < -0.3 is 13.7 Å². The highest BCUT2D eigenvalue weighted by atomic mass is 32.1. The van der Waals surface area contributed by atoms with Crippen molar-refractivity contribution in [3.63, 3.8) is 0 Å². The largest absolute Gasteiger partial charge is 0.309 e. The summed E-state index contributed by atoms with van der Waals surface area (Å²) in [5.41, 5.74) is 15.6. The predicted octanol–water partition coefficient (Wildman–Crippen LogP) is 16.7. The van der Waals surface area contributed by atoms with Crippen LogP contribution in [-0.2, 0) is 0 Å². The molecule has 0 radical (unpaired) electrons. The maximum absolute atomic E-state index is 2.45. The van der Waals surface area contributed by atoms with Gasteiger partial charge in [-0.1, -0.05) is 121 Å². The van der Waals surface area contributed by atoms with Crippen molar-refractivity contribution >= 4 is 96.9 Å². The van der Waals surface area contributed by atoms with Crippen LogP contribution in [0.2, 0.25) is 0 Å². The van der Waals surface area contributed by atoms with Crippen molar-refractivity contribution in [2.45, 2.75) is 0 Å². The van der Waals surface area contributed by atoms with Crippen LogP contribution in [0.3, 0.4) is 0 Å². The monoisotopic (exact) mass is 831 g/mol. The van der Waals surface area contributed by atoms with Gasteiger partial charge in [-0.25, -0.2) is 0 Å². The first-order valence-corrected chi connectivity index (χ1v) is 22.7. The molecule has 10 aromatic carbocycles. The Hall–Kier alpha value is -8.18. The van der Waals surface area contributed by atoms with Crippen LogP contribution < -0.4 is 0 Å². The summed E-state index contributed by atoms with van der Waals surface area (Å²) in [5, 5.41) is 10.1. The molecule has 3 nitrogen and oxygen atoms in total. The molecule has 0 atom stereocenters. The van der Waals surface area contributed by atoms with Gasteiger partial charge in [0.25, 0.3) is 0 Å². The molecule has 298 valence electrons. The van der Waals surface area contributed by atoms with Crippen LogP contribution in [0, 0.1) is 0 Å². The summed E-state index contributed by atoms with van der Waals surface area (Å²) in [7, 11) is 0. The molecule has 0 aliphatic rings. The first-order valence-electron chi connectivity index (χ1n) is 21.9. The summed E-state index contributed by atoms with van der Waals surface area (Å²) >= 11 is 1.87. The number of thiophene rings is 1. The highest BCUT2D eigenvalue weighted by molar-refractivity contribution is 7.25. The van der Waals surface area contributed by atoms with Crippen molar-refractivity contribution < 1.29 is 0 Å². The Morgan fingerprint density at radius 3 is 1.16 bits per heavy atom. The lowest BCUT2D eigenvalue weighted by Gasteiger charge is -2.11. The fourth-order valence-electron chi connectivity index (χ4n) is 10.5. The molecule has 0 saturated carbocycles. The minimum atomic E-state index is 1.16. The average Bonchev–Trinajstić information content (AvgIpc) is 4.10. The highest BCUT2D eigenvalue weighted by Gasteiger charge is 2.18. The number of fused-ring (bicyclic) bond motifs is 12. The summed E-state index contributed by atoms with van der Waals surface area (Å²) in [4.78, 5) is 0. The zero-order valence-corrected chi connectivity index (χ0v) is 35.4. The van der Waals surface area contributed by atoms with Crippen molar-refractivity contribution in [3.05, 3.63) is 224 Å². The number of hydrogen-bond donors (Lipinski definition) is 0. The van der Waals surface area contributed by atoms with Gasteiger partial charge in [-0.3, -0.25) is 0 Å². The first-order chi connectivity index (χ1) is 31.7. The van der Waals surface area contributed by atoms with Crippen molar-refractivity contribution in [3.8, 4) is 39.3 Å². The van der Waals surface area contributed by atoms with Gasteiger partial charge in [0.15, 0.2) is 0 Å². The van der Waals surface area contributed by atoms with Gasteiger partial charge in [0, 0.05) is 69.6 Å². The molecule has 64 heavy (non-hydrogen) atoms. The zero-order valence-electron chi connectivity index (χ0n) is 34.6. The normalized spacial score (nSPS) is 12.1. The summed E-state index contributed by atoms with van der Waals surface area (Å²) in [6.45, 7) is 0. The molecular formula is C60H37N3S. The molecule has 14 aromatic rings. The van der Waals surface area contributed by atoms with E-state index in [2.05, 4.69) is 238 Å². The minimum absolute atomic E-state index is 1.16. The number of hydrogen-bond acceptors (Lipinski definition) is 1. The Morgan fingerprint density at radius 1 is 0.219 bits per heavy atom. The van der Waals surface area contributed by atoms with Crippen LogP contribution in [0.5, 0.6) is 0 Å². The van der Waals surface area contributed by atoms with Crippen LogP contribution >= 0.6 is 11.3 Å². The molecule has 0 N–H and O–H groups in total. The maximum atomic E-state index is 2.45. The van der Waals surface area contributed by atoms with E-state index in [-0.39, 0.29) is 0 Å². The van der Waals surface area contributed by atoms with E-state index in [9.17, 15) is 0 Å². The summed E-state index contributed by atoms with van der Waals surface area (Å²) < 4.78 is 9.82. The molecule has 4 aromatic heterocycles. The van der Waals surface area contributed by atoms with Crippen LogP contribution in [-0.4, -0.2) is 13.7 Å². The molecule has 0 unspecified atom stereocenters. The lowest BCUT2D eigenvalue weighted by atomic mass is 10.0. The second-order valence-electron chi connectivity index (χ2n) is 16.9. The second-order valence-corrected chi connectivity index (χ2v) is 18.0. The smallest absolute Gasteiger partial charge is 0.0541 e. The van der Waals surface area contributed by atoms with Crippen molar-refractivity contribution in [2.75, 3.05) is 0 Å². The third-order valence-electron chi connectivity index (χ3n) is 13.4. The van der Waals surface area contributed by atoms with E-state index < -0.39 is 0 Å². The Kier molecular flexibility index (Phi) is 7.56. The first kappa shape index (κ1) is 35.4. The molecule has 4 heteroatoms. The lowest BCUT2D eigenvalue weighted by Crippen LogP contribution is -1.94. The Balaban J connectivity index is 0.884. The molecule has 0 amide bonds. The topological polar surface area (TPSA) is 14.8 Å². The van der Waals surface area contributed by atoms with Crippen LogP contribution in [0.4, 0.5) is 0 Å². The molecule has 0 aliphatic heterocycles. The predicted molar refractivity (Wildman–Crippen MR) is 273 cm³/mol. The Morgan fingerprint density at radius 2 is 0.594 bits per heavy atom. The maximum Gasteiger partial charge on any atom is 0.0541 e. The Bertz CT molecular complexity index is 4140. The van der Waals surface area contributed by atoms with Gasteiger partial charge in [0.1, 0.15) is 0 Å². The SMILES string of the molecule is c1ccc(-n2c3ccccc3c3cc(-c4ccc5c(c4)c4ccccc4n5-c4ccc5sc6ccc(-c7cccc(-n8c9ccccc9c9ccccc98)c7)cc6c5c4)ccc32)cc1. The van der Waals surface area contributed by atoms with Gasteiger partial charge in [-0.2, -0.15) is 0 Å². The molecule has 14 rings (SSSR count). The van der Waals surface area contributed by atoms with Crippen molar-refractivity contribution in [2.24, 2.45) is 0 Å². The summed E-state index contributed by atoms with van der Waals surface area (Å²) in [6, 6.07) is 82.7. The summed E-state index contributed by atoms with van der Waals surface area (Å²) in [5.74, 6) is 0. The van der Waals surface area contributed by atoms with Gasteiger partial charge in [0.05, 0.1) is 33.1 Å². The van der Waals surface area contributed by atoms with Crippen molar-refractivity contribution in [1.82, 2.24) is 13.7 Å². The highest BCUT2D eigenvalue weighted by Crippen LogP contribution is 2.42. The number of para-hydroxylation sites is 5. The van der Waals surface area contributed by atoms with E-state index in [0.717, 1.165) is 5.69 Å². The standard InChI is InChI=1S/C60H37N3S/c1-2-14-42(15-3-1)61-55-23-10-6-19-47(55)49-34-39(25-29-57(49)61)40-26-30-58-50(35-40)48-20-7-11-24-56(48)63(58)44-28-32-60-52(37-44)51-36-41(27-31-59(51)64-60)38-13-12-16-43(33-38)62-53-21-8-4-17-45(53)46-18-5-9-22-54(46)62/h1-37H. The number of nitrogens with zero attached hydrogens (tertiary/aromatic N) is 3. The van der Waals surface area contributed by atoms with E-state index in [4.69, 9.17) is 0 Å². The van der Waals surface area contributed by atoms with Gasteiger partial charge in [0.2, 0.25) is 0 Å². The fraction of sp³-hybridized carbons (Fsp3) is 0. The van der Waals surface area contributed by atoms with Crippen LogP contribution in [0.1, 0.15) is 0 Å². The number of aromatic nitrogens is 3. The zero-order chi connectivity index (χ0) is 41.9. The quantitative estimate of drug-likeness (QED) is 0.164. The van der Waals surface area contributed by atoms with E-state index in [0.29, 0.717) is 0 Å². The van der Waals surface area contributed by atoms with Crippen molar-refractivity contribution in [1.29, 1.82) is 0 Å². The molecule has 0 fully saturated rings.